The minimum Gasteiger partial charge on any atom is -0.411 e. The largest absolute Gasteiger partial charge is 0.416 e. The molecule has 156 valence electrons. The number of pyridine rings is 1. The topological polar surface area (TPSA) is 84.4 Å². The first kappa shape index (κ1) is 22.2. The molecular formula is C18H19F3N4O3S. The predicted octanol–water partition coefficient (Wildman–Crippen LogP) is 2.73. The number of hydrogen-bond acceptors (Lipinski definition) is 4. The number of rotatable bonds is 6. The van der Waals surface area contributed by atoms with Crippen molar-refractivity contribution in [2.45, 2.75) is 25.9 Å². The van der Waals surface area contributed by atoms with Gasteiger partial charge in [-0.2, -0.15) is 17.9 Å². The van der Waals surface area contributed by atoms with Crippen molar-refractivity contribution in [1.82, 2.24) is 15.6 Å². The molecule has 0 spiro atoms. The molecule has 0 atom stereocenters. The van der Waals surface area contributed by atoms with E-state index in [9.17, 15) is 22.8 Å². The first-order chi connectivity index (χ1) is 13.7. The lowest BCUT2D eigenvalue weighted by Crippen LogP contribution is -2.43. The second-order valence-corrected chi connectivity index (χ2v) is 6.28. The molecule has 2 aromatic rings. The molecule has 7 nitrogen and oxygen atoms in total. The molecular weight excluding hydrogens is 409 g/mol. The Morgan fingerprint density at radius 2 is 1.86 bits per heavy atom. The van der Waals surface area contributed by atoms with E-state index in [2.05, 4.69) is 16.2 Å². The first-order valence-corrected chi connectivity index (χ1v) is 9.02. The number of benzene rings is 1. The van der Waals surface area contributed by atoms with E-state index in [1.165, 1.54) is 12.3 Å². The summed E-state index contributed by atoms with van der Waals surface area (Å²) in [5.41, 5.74) is 3.79. The fourth-order valence-electron chi connectivity index (χ4n) is 2.12. The number of amides is 1. The van der Waals surface area contributed by atoms with Crippen LogP contribution in [0.5, 0.6) is 0 Å². The van der Waals surface area contributed by atoms with Crippen LogP contribution in [0.15, 0.2) is 47.4 Å². The third-order valence-electron chi connectivity index (χ3n) is 3.64. The molecule has 29 heavy (non-hydrogen) atoms. The van der Waals surface area contributed by atoms with Gasteiger partial charge in [0.25, 0.3) is 11.5 Å². The molecule has 3 N–H and O–H groups in total. The van der Waals surface area contributed by atoms with Gasteiger partial charge in [0.1, 0.15) is 6.61 Å². The highest BCUT2D eigenvalue weighted by Gasteiger charge is 2.30. The SMILES string of the molecule is CCCCOn1ccc(NC(=S)NNC(=O)c2ccc(C(F)(F)F)cc2)cc1=O. The average Bonchev–Trinajstić information content (AvgIpc) is 2.67. The van der Waals surface area contributed by atoms with Crippen molar-refractivity contribution in [2.24, 2.45) is 0 Å². The lowest BCUT2D eigenvalue weighted by molar-refractivity contribution is -0.137. The van der Waals surface area contributed by atoms with Gasteiger partial charge in [-0.15, -0.1) is 0 Å². The van der Waals surface area contributed by atoms with Crippen LogP contribution in [0.1, 0.15) is 35.7 Å². The van der Waals surface area contributed by atoms with E-state index in [-0.39, 0.29) is 10.7 Å². The number of hydrogen-bond donors (Lipinski definition) is 3. The number of carbonyl (C=O) groups excluding carboxylic acids is 1. The molecule has 0 fully saturated rings. The van der Waals surface area contributed by atoms with Gasteiger partial charge < -0.3 is 10.2 Å². The van der Waals surface area contributed by atoms with Gasteiger partial charge in [0.15, 0.2) is 5.11 Å². The Morgan fingerprint density at radius 3 is 2.45 bits per heavy atom. The third-order valence-corrected chi connectivity index (χ3v) is 3.84. The van der Waals surface area contributed by atoms with E-state index in [4.69, 9.17) is 17.1 Å². The Hall–Kier alpha value is -3.08. The van der Waals surface area contributed by atoms with Gasteiger partial charge in [-0.05, 0) is 49.0 Å². The van der Waals surface area contributed by atoms with Gasteiger partial charge in [0.2, 0.25) is 0 Å². The van der Waals surface area contributed by atoms with E-state index >= 15 is 0 Å². The molecule has 1 aromatic carbocycles. The third kappa shape index (κ3) is 6.79. The number of nitrogens with zero attached hydrogens (tertiary/aromatic N) is 1. The number of carbonyl (C=O) groups is 1. The summed E-state index contributed by atoms with van der Waals surface area (Å²) in [4.78, 5) is 29.2. The Kier molecular flexibility index (Phi) is 7.59. The van der Waals surface area contributed by atoms with E-state index in [1.54, 1.807) is 6.07 Å². The summed E-state index contributed by atoms with van der Waals surface area (Å²) in [7, 11) is 0. The van der Waals surface area contributed by atoms with Crippen LogP contribution in [-0.4, -0.2) is 22.4 Å². The maximum atomic E-state index is 12.5. The van der Waals surface area contributed by atoms with Crippen molar-refractivity contribution >= 4 is 28.9 Å². The molecule has 0 saturated carbocycles. The molecule has 0 aliphatic rings. The van der Waals surface area contributed by atoms with Gasteiger partial charge >= 0.3 is 6.18 Å². The lowest BCUT2D eigenvalue weighted by atomic mass is 10.1. The number of nitrogens with one attached hydrogen (secondary N) is 3. The molecule has 0 unspecified atom stereocenters. The number of unbranched alkanes of at least 4 members (excludes halogenated alkanes) is 1. The van der Waals surface area contributed by atoms with Gasteiger partial charge in [-0.25, -0.2) is 0 Å². The Bertz CT molecular complexity index is 914. The van der Waals surface area contributed by atoms with Crippen LogP contribution < -0.4 is 26.6 Å². The van der Waals surface area contributed by atoms with E-state index in [1.807, 2.05) is 6.92 Å². The maximum absolute atomic E-state index is 12.5. The Labute approximate surface area is 169 Å². The molecule has 2 rings (SSSR count). The van der Waals surface area contributed by atoms with Gasteiger partial charge in [-0.3, -0.25) is 20.4 Å². The highest BCUT2D eigenvalue weighted by Crippen LogP contribution is 2.29. The average molecular weight is 428 g/mol. The summed E-state index contributed by atoms with van der Waals surface area (Å²) in [6.45, 7) is 2.42. The van der Waals surface area contributed by atoms with Crippen molar-refractivity contribution in [1.29, 1.82) is 0 Å². The summed E-state index contributed by atoms with van der Waals surface area (Å²) < 4.78 is 38.7. The highest BCUT2D eigenvalue weighted by atomic mass is 32.1. The molecule has 0 radical (unpaired) electrons. The summed E-state index contributed by atoms with van der Waals surface area (Å²) in [5, 5.41) is 2.68. The number of alkyl halides is 3. The molecule has 1 aromatic heterocycles. The maximum Gasteiger partial charge on any atom is 0.416 e. The summed E-state index contributed by atoms with van der Waals surface area (Å²) in [5.74, 6) is -0.678. The molecule has 0 aliphatic heterocycles. The van der Waals surface area contributed by atoms with Crippen molar-refractivity contribution < 1.29 is 22.8 Å². The van der Waals surface area contributed by atoms with Gasteiger partial charge in [-0.1, -0.05) is 13.3 Å². The number of thiocarbonyl (C=S) groups is 1. The number of anilines is 1. The van der Waals surface area contributed by atoms with Crippen LogP contribution in [-0.2, 0) is 6.18 Å². The summed E-state index contributed by atoms with van der Waals surface area (Å²) >= 11 is 5.01. The van der Waals surface area contributed by atoms with Crippen LogP contribution in [0, 0.1) is 0 Å². The monoisotopic (exact) mass is 428 g/mol. The van der Waals surface area contributed by atoms with Gasteiger partial charge in [0, 0.05) is 23.5 Å². The van der Waals surface area contributed by atoms with Crippen molar-refractivity contribution in [3.63, 3.8) is 0 Å². The van der Waals surface area contributed by atoms with Crippen molar-refractivity contribution in [3.8, 4) is 0 Å². The molecule has 1 amide bonds. The van der Waals surface area contributed by atoms with Crippen molar-refractivity contribution in [3.05, 3.63) is 64.1 Å². The number of aromatic nitrogens is 1. The minimum atomic E-state index is -4.48. The zero-order valence-electron chi connectivity index (χ0n) is 15.4. The second kappa shape index (κ2) is 9.92. The summed E-state index contributed by atoms with van der Waals surface area (Å²) in [6.07, 6.45) is -1.29. The molecule has 0 aliphatic carbocycles. The van der Waals surface area contributed by atoms with Crippen LogP contribution in [0.25, 0.3) is 0 Å². The van der Waals surface area contributed by atoms with Crippen LogP contribution >= 0.6 is 12.2 Å². The highest BCUT2D eigenvalue weighted by molar-refractivity contribution is 7.80. The Morgan fingerprint density at radius 1 is 1.17 bits per heavy atom. The number of halogens is 3. The zero-order valence-corrected chi connectivity index (χ0v) is 16.2. The molecule has 11 heteroatoms. The normalized spacial score (nSPS) is 10.9. The van der Waals surface area contributed by atoms with Crippen LogP contribution in [0.3, 0.4) is 0 Å². The molecule has 0 saturated heterocycles. The minimum absolute atomic E-state index is 0.0140. The lowest BCUT2D eigenvalue weighted by Gasteiger charge is -2.13. The van der Waals surface area contributed by atoms with Gasteiger partial charge in [0.05, 0.1) is 5.56 Å². The smallest absolute Gasteiger partial charge is 0.411 e. The van der Waals surface area contributed by atoms with Crippen molar-refractivity contribution in [2.75, 3.05) is 11.9 Å². The van der Waals surface area contributed by atoms with E-state index in [0.29, 0.717) is 12.3 Å². The van der Waals surface area contributed by atoms with E-state index in [0.717, 1.165) is 41.8 Å². The fourth-order valence-corrected chi connectivity index (χ4v) is 2.29. The fraction of sp³-hybridized carbons (Fsp3) is 0.278. The Balaban J connectivity index is 1.87. The molecule has 0 bridgehead atoms. The standard InChI is InChI=1S/C18H19F3N4O3S/c1-2-3-10-28-25-9-8-14(11-15(25)26)22-17(29)24-23-16(27)12-4-6-13(7-5-12)18(19,20)21/h4-9,11H,2-3,10H2,1H3,(H,23,27)(H2,22,24,29). The van der Waals surface area contributed by atoms with Crippen LogP contribution in [0.4, 0.5) is 18.9 Å². The second-order valence-electron chi connectivity index (χ2n) is 5.87. The number of hydrazine groups is 1. The van der Waals surface area contributed by atoms with Crippen LogP contribution in [0.2, 0.25) is 0 Å². The summed E-state index contributed by atoms with van der Waals surface area (Å²) in [6, 6.07) is 6.53. The predicted molar refractivity (Wildman–Crippen MR) is 105 cm³/mol. The molecule has 1 heterocycles. The quantitative estimate of drug-likeness (QED) is 0.373. The zero-order chi connectivity index (χ0) is 21.4. The first-order valence-electron chi connectivity index (χ1n) is 8.61. The van der Waals surface area contributed by atoms with E-state index < -0.39 is 23.2 Å².